The van der Waals surface area contributed by atoms with Gasteiger partial charge in [0.25, 0.3) is 0 Å². The minimum absolute atomic E-state index is 0.375. The molecule has 4 nitrogen and oxygen atoms in total. The second-order valence-electron chi connectivity index (χ2n) is 7.75. The molecule has 2 aliphatic heterocycles. The van der Waals surface area contributed by atoms with Crippen molar-refractivity contribution in [3.05, 3.63) is 35.4 Å². The summed E-state index contributed by atoms with van der Waals surface area (Å²) < 4.78 is 12.2. The van der Waals surface area contributed by atoms with E-state index in [2.05, 4.69) is 24.1 Å². The third-order valence-electron chi connectivity index (χ3n) is 5.45. The van der Waals surface area contributed by atoms with Gasteiger partial charge in [-0.1, -0.05) is 18.2 Å². The zero-order valence-electron chi connectivity index (χ0n) is 15.2. The lowest BCUT2D eigenvalue weighted by molar-refractivity contribution is 0.00578. The van der Waals surface area contributed by atoms with E-state index >= 15 is 0 Å². The van der Waals surface area contributed by atoms with Crippen molar-refractivity contribution in [1.29, 1.82) is 5.26 Å². The highest BCUT2D eigenvalue weighted by Gasteiger charge is 2.51. The zero-order valence-corrected chi connectivity index (χ0v) is 15.2. The first kappa shape index (κ1) is 17.2. The topological polar surface area (TPSA) is 45.5 Å². The minimum atomic E-state index is -0.428. The molecule has 3 rings (SSSR count). The van der Waals surface area contributed by atoms with E-state index < -0.39 is 7.12 Å². The predicted octanol–water partition coefficient (Wildman–Crippen LogP) is 2.58. The van der Waals surface area contributed by atoms with Crippen LogP contribution in [-0.4, -0.2) is 43.4 Å². The number of rotatable bonds is 2. The fraction of sp³-hybridized carbons (Fsp3) is 0.526. The van der Waals surface area contributed by atoms with Gasteiger partial charge in [-0.2, -0.15) is 5.26 Å². The Kier molecular flexibility index (Phi) is 4.33. The van der Waals surface area contributed by atoms with E-state index in [1.165, 1.54) is 5.57 Å². The van der Waals surface area contributed by atoms with Crippen LogP contribution in [0.15, 0.2) is 24.3 Å². The van der Waals surface area contributed by atoms with Crippen LogP contribution >= 0.6 is 0 Å². The first-order chi connectivity index (χ1) is 11.2. The SMILES string of the molecule is CN1CC=C(c2ccc(B3OC(C)(C)C(C)(C)O3)cc2C#N)CC1. The molecule has 0 aliphatic carbocycles. The van der Waals surface area contributed by atoms with Gasteiger partial charge in [0.2, 0.25) is 0 Å². The van der Waals surface area contributed by atoms with Crippen LogP contribution in [0.5, 0.6) is 0 Å². The predicted molar refractivity (Wildman–Crippen MR) is 97.0 cm³/mol. The molecule has 5 heteroatoms. The van der Waals surface area contributed by atoms with Crippen molar-refractivity contribution < 1.29 is 9.31 Å². The average Bonchev–Trinajstić information content (AvgIpc) is 2.76. The molecule has 1 saturated heterocycles. The third kappa shape index (κ3) is 3.02. The van der Waals surface area contributed by atoms with Crippen LogP contribution in [0.1, 0.15) is 45.2 Å². The van der Waals surface area contributed by atoms with Gasteiger partial charge in [-0.3, -0.25) is 0 Å². The Balaban J connectivity index is 1.90. The Hall–Kier alpha value is -1.61. The second kappa shape index (κ2) is 6.04. The summed E-state index contributed by atoms with van der Waals surface area (Å²) >= 11 is 0. The molecule has 0 amide bonds. The highest BCUT2D eigenvalue weighted by molar-refractivity contribution is 6.62. The molecule has 0 spiro atoms. The fourth-order valence-electron chi connectivity index (χ4n) is 3.08. The molecule has 126 valence electrons. The Bertz CT molecular complexity index is 703. The van der Waals surface area contributed by atoms with E-state index in [1.54, 1.807) is 0 Å². The van der Waals surface area contributed by atoms with Gasteiger partial charge in [0.1, 0.15) is 0 Å². The molecule has 0 atom stereocenters. The van der Waals surface area contributed by atoms with Crippen molar-refractivity contribution in [3.63, 3.8) is 0 Å². The van der Waals surface area contributed by atoms with E-state index in [0.29, 0.717) is 5.56 Å². The van der Waals surface area contributed by atoms with Gasteiger partial charge in [-0.25, -0.2) is 0 Å². The van der Waals surface area contributed by atoms with Crippen LogP contribution in [0.25, 0.3) is 5.57 Å². The summed E-state index contributed by atoms with van der Waals surface area (Å²) in [5.74, 6) is 0. The molecule has 0 unspecified atom stereocenters. The van der Waals surface area contributed by atoms with Crippen LogP contribution in [0, 0.1) is 11.3 Å². The van der Waals surface area contributed by atoms with E-state index in [-0.39, 0.29) is 11.2 Å². The van der Waals surface area contributed by atoms with Crippen LogP contribution in [0.4, 0.5) is 0 Å². The summed E-state index contributed by atoms with van der Waals surface area (Å²) in [4.78, 5) is 2.27. The monoisotopic (exact) mass is 324 g/mol. The van der Waals surface area contributed by atoms with E-state index in [0.717, 1.165) is 30.5 Å². The summed E-state index contributed by atoms with van der Waals surface area (Å²) in [6, 6.07) is 8.32. The van der Waals surface area contributed by atoms with Crippen molar-refractivity contribution in [1.82, 2.24) is 4.90 Å². The Morgan fingerprint density at radius 3 is 2.38 bits per heavy atom. The molecule has 2 aliphatic rings. The summed E-state index contributed by atoms with van der Waals surface area (Å²) in [5.41, 5.74) is 3.13. The number of nitriles is 1. The van der Waals surface area contributed by atoms with Crippen LogP contribution < -0.4 is 5.46 Å². The van der Waals surface area contributed by atoms with Crippen molar-refractivity contribution in [2.75, 3.05) is 20.1 Å². The lowest BCUT2D eigenvalue weighted by Crippen LogP contribution is -2.41. The van der Waals surface area contributed by atoms with Crippen LogP contribution in [0.2, 0.25) is 0 Å². The lowest BCUT2D eigenvalue weighted by atomic mass is 9.77. The summed E-state index contributed by atoms with van der Waals surface area (Å²) in [7, 11) is 1.68. The number of nitrogens with zero attached hydrogens (tertiary/aromatic N) is 2. The largest absolute Gasteiger partial charge is 0.494 e. The van der Waals surface area contributed by atoms with Crippen LogP contribution in [0.3, 0.4) is 0 Å². The Morgan fingerprint density at radius 2 is 1.83 bits per heavy atom. The maximum Gasteiger partial charge on any atom is 0.494 e. The molecular weight excluding hydrogens is 299 g/mol. The minimum Gasteiger partial charge on any atom is -0.399 e. The van der Waals surface area contributed by atoms with E-state index in [4.69, 9.17) is 9.31 Å². The quantitative estimate of drug-likeness (QED) is 0.785. The second-order valence-corrected chi connectivity index (χ2v) is 7.75. The number of benzene rings is 1. The normalized spacial score (nSPS) is 23.0. The maximum atomic E-state index is 9.60. The summed E-state index contributed by atoms with van der Waals surface area (Å²) in [6.45, 7) is 10.1. The fourth-order valence-corrected chi connectivity index (χ4v) is 3.08. The van der Waals surface area contributed by atoms with Gasteiger partial charge in [0.05, 0.1) is 22.8 Å². The molecule has 0 radical (unpaired) electrons. The Labute approximate surface area is 145 Å². The smallest absolute Gasteiger partial charge is 0.399 e. The molecule has 0 saturated carbocycles. The maximum absolute atomic E-state index is 9.60. The van der Waals surface area contributed by atoms with Gasteiger partial charge in [-0.15, -0.1) is 0 Å². The first-order valence-corrected chi connectivity index (χ1v) is 8.51. The van der Waals surface area contributed by atoms with Crippen molar-refractivity contribution >= 4 is 18.2 Å². The molecule has 0 N–H and O–H groups in total. The van der Waals surface area contributed by atoms with Gasteiger partial charge >= 0.3 is 7.12 Å². The molecule has 0 bridgehead atoms. The van der Waals surface area contributed by atoms with Crippen LogP contribution in [-0.2, 0) is 9.31 Å². The number of hydrogen-bond donors (Lipinski definition) is 0. The summed E-state index contributed by atoms with van der Waals surface area (Å²) in [6.07, 6.45) is 3.19. The standard InChI is InChI=1S/C19H25BN2O2/c1-18(2)19(3,4)24-20(23-18)16-6-7-17(15(12-16)13-21)14-8-10-22(5)11-9-14/h6-8,12H,9-11H2,1-5H3. The van der Waals surface area contributed by atoms with Gasteiger partial charge in [0.15, 0.2) is 0 Å². The highest BCUT2D eigenvalue weighted by atomic mass is 16.7. The Morgan fingerprint density at radius 1 is 1.17 bits per heavy atom. The zero-order chi connectivity index (χ0) is 17.5. The summed E-state index contributed by atoms with van der Waals surface area (Å²) in [5, 5.41) is 9.60. The van der Waals surface area contributed by atoms with E-state index in [1.807, 2.05) is 45.9 Å². The van der Waals surface area contributed by atoms with Crippen molar-refractivity contribution in [3.8, 4) is 6.07 Å². The molecular formula is C19H25BN2O2. The highest BCUT2D eigenvalue weighted by Crippen LogP contribution is 2.36. The molecule has 1 aromatic carbocycles. The molecule has 2 heterocycles. The van der Waals surface area contributed by atoms with Gasteiger partial charge < -0.3 is 14.2 Å². The first-order valence-electron chi connectivity index (χ1n) is 8.51. The molecule has 24 heavy (non-hydrogen) atoms. The van der Waals surface area contributed by atoms with Crippen molar-refractivity contribution in [2.24, 2.45) is 0 Å². The van der Waals surface area contributed by atoms with Gasteiger partial charge in [0, 0.05) is 13.1 Å². The molecule has 1 aromatic rings. The average molecular weight is 324 g/mol. The molecule has 1 fully saturated rings. The number of hydrogen-bond acceptors (Lipinski definition) is 4. The lowest BCUT2D eigenvalue weighted by Gasteiger charge is -2.32. The number of likely N-dealkylation sites (N-methyl/N-ethyl adjacent to an activating group) is 1. The van der Waals surface area contributed by atoms with Gasteiger partial charge in [-0.05, 0) is 63.8 Å². The third-order valence-corrected chi connectivity index (χ3v) is 5.45. The molecule has 0 aromatic heterocycles. The van der Waals surface area contributed by atoms with Crippen molar-refractivity contribution in [2.45, 2.75) is 45.3 Å². The van der Waals surface area contributed by atoms with E-state index in [9.17, 15) is 5.26 Å².